The molecule has 0 fully saturated rings. The molecule has 120 valence electrons. The van der Waals surface area contributed by atoms with Gasteiger partial charge in [0.1, 0.15) is 0 Å². The minimum atomic E-state index is -0.431. The smallest absolute Gasteiger partial charge is 0.258 e. The van der Waals surface area contributed by atoms with E-state index in [1.165, 1.54) is 11.6 Å². The summed E-state index contributed by atoms with van der Waals surface area (Å²) < 4.78 is 0. The lowest BCUT2D eigenvalue weighted by molar-refractivity contribution is 0.0977. The summed E-state index contributed by atoms with van der Waals surface area (Å²) in [7, 11) is 0. The maximum Gasteiger partial charge on any atom is 0.258 e. The van der Waals surface area contributed by atoms with Gasteiger partial charge in [-0.2, -0.15) is 0 Å². The fourth-order valence-corrected chi connectivity index (χ4v) is 2.25. The Morgan fingerprint density at radius 3 is 2.26 bits per heavy atom. The largest absolute Gasteiger partial charge is 0.326 e. The van der Waals surface area contributed by atoms with Gasteiger partial charge in [-0.15, -0.1) is 0 Å². The van der Waals surface area contributed by atoms with Crippen LogP contribution in [0.3, 0.4) is 0 Å². The zero-order chi connectivity index (χ0) is 17.0. The van der Waals surface area contributed by atoms with Crippen LogP contribution >= 0.6 is 23.2 Å². The van der Waals surface area contributed by atoms with Crippen LogP contribution in [0, 0.1) is 5.41 Å². The second-order valence-corrected chi connectivity index (χ2v) is 6.17. The van der Waals surface area contributed by atoms with Gasteiger partial charge in [0.25, 0.3) is 5.91 Å². The van der Waals surface area contributed by atoms with E-state index >= 15 is 0 Å². The first-order chi connectivity index (χ1) is 10.9. The van der Waals surface area contributed by atoms with Gasteiger partial charge < -0.3 is 5.32 Å². The van der Waals surface area contributed by atoms with Crippen molar-refractivity contribution >= 4 is 40.8 Å². The molecule has 1 amide bonds. The molecule has 0 spiro atoms. The van der Waals surface area contributed by atoms with E-state index < -0.39 is 5.91 Å². The second-order valence-electron chi connectivity index (χ2n) is 5.36. The quantitative estimate of drug-likeness (QED) is 0.545. The van der Waals surface area contributed by atoms with Gasteiger partial charge >= 0.3 is 0 Å². The van der Waals surface area contributed by atoms with E-state index in [2.05, 4.69) is 24.5 Å². The monoisotopic (exact) mass is 349 g/mol. The number of carbonyl (C=O) groups excluding carboxylic acids is 1. The first-order valence-corrected chi connectivity index (χ1v) is 7.84. The molecule has 2 aromatic rings. The van der Waals surface area contributed by atoms with Crippen molar-refractivity contribution in [1.82, 2.24) is 5.32 Å². The van der Waals surface area contributed by atoms with E-state index in [1.54, 1.807) is 12.1 Å². The maximum absolute atomic E-state index is 12.1. The molecule has 2 aromatic carbocycles. The van der Waals surface area contributed by atoms with Crippen LogP contribution in [0.2, 0.25) is 10.0 Å². The molecule has 0 unspecified atom stereocenters. The zero-order valence-corrected chi connectivity index (χ0v) is 14.3. The molecule has 23 heavy (non-hydrogen) atoms. The summed E-state index contributed by atoms with van der Waals surface area (Å²) in [5.74, 6) is -0.101. The average molecular weight is 350 g/mol. The number of guanidine groups is 1. The Morgan fingerprint density at radius 2 is 1.70 bits per heavy atom. The fraction of sp³-hybridized carbons (Fsp3) is 0.176. The van der Waals surface area contributed by atoms with E-state index in [1.807, 2.05) is 24.3 Å². The summed E-state index contributed by atoms with van der Waals surface area (Å²) in [4.78, 5) is 12.1. The number of halogens is 2. The average Bonchev–Trinajstić information content (AvgIpc) is 2.50. The van der Waals surface area contributed by atoms with Gasteiger partial charge in [0.2, 0.25) is 0 Å². The summed E-state index contributed by atoms with van der Waals surface area (Å²) in [5, 5.41) is 13.8. The van der Waals surface area contributed by atoms with Crippen molar-refractivity contribution in [2.24, 2.45) is 0 Å². The van der Waals surface area contributed by atoms with Crippen molar-refractivity contribution in [2.75, 3.05) is 5.32 Å². The molecular formula is C17H17Cl2N3O. The molecule has 0 heterocycles. The minimum Gasteiger partial charge on any atom is -0.326 e. The molecule has 0 atom stereocenters. The van der Waals surface area contributed by atoms with Gasteiger partial charge in [-0.25, -0.2) is 0 Å². The van der Waals surface area contributed by atoms with Crippen LogP contribution in [0.4, 0.5) is 5.69 Å². The first-order valence-electron chi connectivity index (χ1n) is 7.08. The van der Waals surface area contributed by atoms with Crippen molar-refractivity contribution in [2.45, 2.75) is 19.8 Å². The number of hydrogen-bond acceptors (Lipinski definition) is 2. The van der Waals surface area contributed by atoms with Crippen molar-refractivity contribution in [3.63, 3.8) is 0 Å². The Morgan fingerprint density at radius 1 is 1.04 bits per heavy atom. The molecular weight excluding hydrogens is 333 g/mol. The zero-order valence-electron chi connectivity index (χ0n) is 12.8. The number of hydrogen-bond donors (Lipinski definition) is 3. The fourth-order valence-electron chi connectivity index (χ4n) is 1.95. The molecule has 4 nitrogen and oxygen atoms in total. The Kier molecular flexibility index (Phi) is 5.64. The standard InChI is InChI=1S/C17H17Cl2N3O/c1-10(2)11-3-6-13(7-4-11)21-17(20)22-16(23)12-5-8-14(18)15(19)9-12/h3-10H,1-2H3,(H3,20,21,22,23). The molecule has 0 aliphatic carbocycles. The summed E-state index contributed by atoms with van der Waals surface area (Å²) in [6.07, 6.45) is 0. The third-order valence-corrected chi connectivity index (χ3v) is 4.01. The molecule has 3 N–H and O–H groups in total. The Labute approximate surface area is 145 Å². The predicted octanol–water partition coefficient (Wildman–Crippen LogP) is 4.89. The minimum absolute atomic E-state index is 0.113. The van der Waals surface area contributed by atoms with Crippen LogP contribution < -0.4 is 10.6 Å². The number of nitrogens with one attached hydrogen (secondary N) is 3. The van der Waals surface area contributed by atoms with Crippen LogP contribution in [0.5, 0.6) is 0 Å². The van der Waals surface area contributed by atoms with Gasteiger partial charge in [0.05, 0.1) is 10.0 Å². The van der Waals surface area contributed by atoms with Crippen LogP contribution in [-0.2, 0) is 0 Å². The highest BCUT2D eigenvalue weighted by Crippen LogP contribution is 2.22. The number of rotatable bonds is 3. The third-order valence-electron chi connectivity index (χ3n) is 3.27. The van der Waals surface area contributed by atoms with Gasteiger partial charge in [0.15, 0.2) is 5.96 Å². The number of anilines is 1. The van der Waals surface area contributed by atoms with E-state index in [-0.39, 0.29) is 5.96 Å². The van der Waals surface area contributed by atoms with Crippen molar-refractivity contribution in [3.05, 3.63) is 63.6 Å². The molecule has 0 saturated heterocycles. The Balaban J connectivity index is 1.98. The molecule has 0 aliphatic heterocycles. The van der Waals surface area contributed by atoms with E-state index in [4.69, 9.17) is 28.6 Å². The molecule has 0 bridgehead atoms. The predicted molar refractivity (Wildman–Crippen MR) is 95.8 cm³/mol. The highest BCUT2D eigenvalue weighted by molar-refractivity contribution is 6.42. The molecule has 0 aromatic heterocycles. The molecule has 0 aliphatic rings. The highest BCUT2D eigenvalue weighted by atomic mass is 35.5. The lowest BCUT2D eigenvalue weighted by Gasteiger charge is -2.11. The van der Waals surface area contributed by atoms with E-state index in [9.17, 15) is 4.79 Å². The summed E-state index contributed by atoms with van der Waals surface area (Å²) in [6.45, 7) is 4.23. The van der Waals surface area contributed by atoms with Crippen molar-refractivity contribution in [3.8, 4) is 0 Å². The molecule has 6 heteroatoms. The Bertz CT molecular complexity index is 727. The van der Waals surface area contributed by atoms with Gasteiger partial charge in [-0.3, -0.25) is 15.5 Å². The normalized spacial score (nSPS) is 10.5. The topological polar surface area (TPSA) is 65.0 Å². The number of carbonyl (C=O) groups is 1. The van der Waals surface area contributed by atoms with Crippen LogP contribution in [0.25, 0.3) is 0 Å². The van der Waals surface area contributed by atoms with E-state index in [0.717, 1.165) is 5.69 Å². The summed E-state index contributed by atoms with van der Waals surface area (Å²) in [6, 6.07) is 12.3. The molecule has 0 saturated carbocycles. The number of benzene rings is 2. The molecule has 0 radical (unpaired) electrons. The van der Waals surface area contributed by atoms with Gasteiger partial charge in [0, 0.05) is 11.3 Å². The van der Waals surface area contributed by atoms with Crippen LogP contribution in [-0.4, -0.2) is 11.9 Å². The summed E-state index contributed by atoms with van der Waals surface area (Å²) in [5.41, 5.74) is 2.27. The highest BCUT2D eigenvalue weighted by Gasteiger charge is 2.10. The van der Waals surface area contributed by atoms with Gasteiger partial charge in [-0.05, 0) is 41.8 Å². The maximum atomic E-state index is 12.1. The van der Waals surface area contributed by atoms with E-state index in [0.29, 0.717) is 21.5 Å². The SMILES string of the molecule is CC(C)c1ccc(NC(=N)NC(=O)c2ccc(Cl)c(Cl)c2)cc1. The lowest BCUT2D eigenvalue weighted by atomic mass is 10.0. The molecule has 2 rings (SSSR count). The number of amides is 1. The summed E-state index contributed by atoms with van der Waals surface area (Å²) >= 11 is 11.7. The van der Waals surface area contributed by atoms with Crippen molar-refractivity contribution in [1.29, 1.82) is 5.41 Å². The second kappa shape index (κ2) is 7.49. The first kappa shape index (κ1) is 17.3. The van der Waals surface area contributed by atoms with Gasteiger partial charge in [-0.1, -0.05) is 49.2 Å². The third kappa shape index (κ3) is 4.71. The van der Waals surface area contributed by atoms with Crippen LogP contribution in [0.1, 0.15) is 35.7 Å². The Hall–Kier alpha value is -2.04. The van der Waals surface area contributed by atoms with Crippen LogP contribution in [0.15, 0.2) is 42.5 Å². The van der Waals surface area contributed by atoms with Crippen molar-refractivity contribution < 1.29 is 4.79 Å². The lowest BCUT2D eigenvalue weighted by Crippen LogP contribution is -2.35.